The Morgan fingerprint density at radius 3 is 2.74 bits per heavy atom. The molecule has 2 heterocycles. The molecule has 5 nitrogen and oxygen atoms in total. The van der Waals surface area contributed by atoms with Crippen molar-refractivity contribution in [1.29, 1.82) is 0 Å². The van der Waals surface area contributed by atoms with E-state index in [4.69, 9.17) is 4.42 Å². The van der Waals surface area contributed by atoms with E-state index in [-0.39, 0.29) is 11.7 Å². The normalized spacial score (nSPS) is 12.0. The van der Waals surface area contributed by atoms with Crippen molar-refractivity contribution in [2.45, 2.75) is 17.6 Å². The summed E-state index contributed by atoms with van der Waals surface area (Å²) in [6, 6.07) is 10.8. The Morgan fingerprint density at radius 1 is 1.30 bits per heavy atom. The number of thiophene rings is 1. The van der Waals surface area contributed by atoms with Crippen LogP contribution in [0.4, 0.5) is 5.69 Å². The van der Waals surface area contributed by atoms with Crippen molar-refractivity contribution in [1.82, 2.24) is 4.98 Å². The number of carbonyl (C=O) groups excluding carboxylic acids is 1. The topological polar surface area (TPSA) is 72.2 Å². The molecule has 0 bridgehead atoms. The molecule has 118 valence electrons. The van der Waals surface area contributed by atoms with Gasteiger partial charge < -0.3 is 9.73 Å². The Hall–Kier alpha value is -2.25. The molecule has 1 amide bonds. The summed E-state index contributed by atoms with van der Waals surface area (Å²) in [6.45, 7) is 1.44. The molecule has 2 aromatic heterocycles. The quantitative estimate of drug-likeness (QED) is 0.765. The van der Waals surface area contributed by atoms with Crippen molar-refractivity contribution in [2.24, 2.45) is 0 Å². The van der Waals surface area contributed by atoms with Gasteiger partial charge in [-0.25, -0.2) is 4.98 Å². The van der Waals surface area contributed by atoms with Crippen molar-refractivity contribution >= 4 is 33.7 Å². The average molecular weight is 346 g/mol. The van der Waals surface area contributed by atoms with Gasteiger partial charge in [0.25, 0.3) is 0 Å². The Balaban J connectivity index is 1.68. The number of benzene rings is 1. The van der Waals surface area contributed by atoms with Gasteiger partial charge in [0, 0.05) is 17.5 Å². The minimum Gasteiger partial charge on any atom is -0.439 e. The fraction of sp³-hybridized carbons (Fsp3) is 0.125. The van der Waals surface area contributed by atoms with Crippen LogP contribution in [0.25, 0.3) is 10.6 Å². The van der Waals surface area contributed by atoms with Crippen molar-refractivity contribution in [3.05, 3.63) is 53.9 Å². The van der Waals surface area contributed by atoms with E-state index < -0.39 is 10.8 Å². The van der Waals surface area contributed by atoms with E-state index >= 15 is 0 Å². The molecule has 3 aromatic rings. The number of carbonyl (C=O) groups is 1. The third-order valence-corrected chi connectivity index (χ3v) is 5.20. The molecule has 23 heavy (non-hydrogen) atoms. The van der Waals surface area contributed by atoms with Crippen LogP contribution >= 0.6 is 11.3 Å². The van der Waals surface area contributed by atoms with E-state index in [1.807, 2.05) is 17.5 Å². The maximum atomic E-state index is 12.4. The fourth-order valence-electron chi connectivity index (χ4n) is 2.00. The number of nitrogens with one attached hydrogen (secondary N) is 1. The van der Waals surface area contributed by atoms with E-state index in [1.54, 1.807) is 41.8 Å². The molecule has 0 aliphatic heterocycles. The molecule has 0 unspecified atom stereocenters. The maximum Gasteiger partial charge on any atom is 0.221 e. The van der Waals surface area contributed by atoms with Gasteiger partial charge in [-0.2, -0.15) is 0 Å². The first kappa shape index (κ1) is 15.6. The fourth-order valence-corrected chi connectivity index (χ4v) is 3.63. The molecule has 0 saturated carbocycles. The number of oxazole rings is 1. The van der Waals surface area contributed by atoms with Gasteiger partial charge in [0.15, 0.2) is 5.76 Å². The van der Waals surface area contributed by atoms with Crippen LogP contribution in [0.1, 0.15) is 12.8 Å². The maximum absolute atomic E-state index is 12.4. The molecule has 0 fully saturated rings. The first-order valence-corrected chi connectivity index (χ1v) is 9.06. The van der Waals surface area contributed by atoms with Gasteiger partial charge in [0.05, 0.1) is 21.9 Å². The summed E-state index contributed by atoms with van der Waals surface area (Å²) in [7, 11) is -1.25. The van der Waals surface area contributed by atoms with E-state index in [2.05, 4.69) is 10.3 Å². The van der Waals surface area contributed by atoms with Crippen LogP contribution in [0, 0.1) is 0 Å². The third-order valence-electron chi connectivity index (χ3n) is 3.01. The summed E-state index contributed by atoms with van der Waals surface area (Å²) < 4.78 is 18.0. The molecule has 0 aliphatic rings. The average Bonchev–Trinajstić information content (AvgIpc) is 3.18. The van der Waals surface area contributed by atoms with Crippen LogP contribution in [-0.2, 0) is 21.3 Å². The largest absolute Gasteiger partial charge is 0.439 e. The monoisotopic (exact) mass is 346 g/mol. The molecule has 1 atom stereocenters. The first-order valence-electron chi connectivity index (χ1n) is 6.86. The molecular formula is C16H14N2O3S2. The lowest BCUT2D eigenvalue weighted by Gasteiger charge is -2.03. The molecular weight excluding hydrogens is 332 g/mol. The van der Waals surface area contributed by atoms with Gasteiger partial charge in [-0.05, 0) is 35.7 Å². The van der Waals surface area contributed by atoms with Crippen molar-refractivity contribution < 1.29 is 13.4 Å². The number of anilines is 1. The number of aromatic nitrogens is 1. The minimum atomic E-state index is -1.25. The molecule has 0 aliphatic carbocycles. The summed E-state index contributed by atoms with van der Waals surface area (Å²) in [5.41, 5.74) is 0.675. The number of hydrogen-bond donors (Lipinski definition) is 1. The Bertz CT molecular complexity index is 823. The van der Waals surface area contributed by atoms with Gasteiger partial charge in [0.2, 0.25) is 11.8 Å². The molecule has 0 spiro atoms. The smallest absolute Gasteiger partial charge is 0.221 e. The van der Waals surface area contributed by atoms with E-state index in [9.17, 15) is 9.00 Å². The van der Waals surface area contributed by atoms with Crippen LogP contribution in [0.2, 0.25) is 0 Å². The third kappa shape index (κ3) is 3.94. The highest BCUT2D eigenvalue weighted by atomic mass is 32.2. The van der Waals surface area contributed by atoms with Gasteiger partial charge in [0.1, 0.15) is 5.75 Å². The molecule has 0 radical (unpaired) electrons. The summed E-state index contributed by atoms with van der Waals surface area (Å²) in [5, 5.41) is 4.64. The van der Waals surface area contributed by atoms with Crippen LogP contribution in [0.3, 0.4) is 0 Å². The lowest BCUT2D eigenvalue weighted by molar-refractivity contribution is -0.114. The predicted molar refractivity (Wildman–Crippen MR) is 90.7 cm³/mol. The van der Waals surface area contributed by atoms with Crippen molar-refractivity contribution in [3.8, 4) is 10.6 Å². The van der Waals surface area contributed by atoms with Crippen molar-refractivity contribution in [2.75, 3.05) is 5.32 Å². The lowest BCUT2D eigenvalue weighted by Crippen LogP contribution is -2.05. The second kappa shape index (κ2) is 6.89. The van der Waals surface area contributed by atoms with Gasteiger partial charge >= 0.3 is 0 Å². The van der Waals surface area contributed by atoms with Crippen LogP contribution in [-0.4, -0.2) is 15.1 Å². The zero-order valence-corrected chi connectivity index (χ0v) is 13.9. The number of rotatable bonds is 5. The van der Waals surface area contributed by atoms with Crippen LogP contribution in [0.5, 0.6) is 0 Å². The summed E-state index contributed by atoms with van der Waals surface area (Å²) in [5.74, 6) is 1.20. The van der Waals surface area contributed by atoms with Crippen molar-refractivity contribution in [3.63, 3.8) is 0 Å². The minimum absolute atomic E-state index is 0.139. The first-order chi connectivity index (χ1) is 11.1. The highest BCUT2D eigenvalue weighted by Crippen LogP contribution is 2.26. The van der Waals surface area contributed by atoms with E-state index in [0.717, 1.165) is 4.88 Å². The Morgan fingerprint density at radius 2 is 2.09 bits per heavy atom. The zero-order chi connectivity index (χ0) is 16.2. The highest BCUT2D eigenvalue weighted by molar-refractivity contribution is 7.84. The van der Waals surface area contributed by atoms with Crippen LogP contribution in [0.15, 0.2) is 57.3 Å². The highest BCUT2D eigenvalue weighted by Gasteiger charge is 2.12. The molecule has 1 N–H and O–H groups in total. The number of amides is 1. The van der Waals surface area contributed by atoms with E-state index in [0.29, 0.717) is 22.2 Å². The predicted octanol–water partition coefficient (Wildman–Crippen LogP) is 3.67. The number of hydrogen-bond acceptors (Lipinski definition) is 5. The second-order valence-electron chi connectivity index (χ2n) is 4.79. The molecule has 1 aromatic carbocycles. The summed E-state index contributed by atoms with van der Waals surface area (Å²) in [6.07, 6.45) is 1.65. The Kier molecular flexibility index (Phi) is 4.68. The Labute approximate surface area is 139 Å². The van der Waals surface area contributed by atoms with Gasteiger partial charge in [-0.1, -0.05) is 6.07 Å². The molecule has 3 rings (SSSR count). The van der Waals surface area contributed by atoms with Gasteiger partial charge in [-0.3, -0.25) is 9.00 Å². The second-order valence-corrected chi connectivity index (χ2v) is 7.19. The summed E-state index contributed by atoms with van der Waals surface area (Å²) >= 11 is 1.57. The number of nitrogens with zero attached hydrogens (tertiary/aromatic N) is 1. The summed E-state index contributed by atoms with van der Waals surface area (Å²) in [4.78, 5) is 16.8. The molecule has 7 heteroatoms. The van der Waals surface area contributed by atoms with E-state index in [1.165, 1.54) is 6.92 Å². The molecule has 0 saturated heterocycles. The standard InChI is InChI=1S/C16H14N2O3S2/c1-11(19)18-12-4-6-13(7-5-12)23(20)10-16-17-9-14(21-16)15-3-2-8-22-15/h2-9H,10H2,1H3,(H,18,19)/t23-/m0/s1. The SMILES string of the molecule is CC(=O)Nc1ccc([S@@](=O)Cc2ncc(-c3cccs3)o2)cc1. The lowest BCUT2D eigenvalue weighted by atomic mass is 10.3. The zero-order valence-electron chi connectivity index (χ0n) is 12.3. The van der Waals surface area contributed by atoms with Crippen LogP contribution < -0.4 is 5.32 Å². The van der Waals surface area contributed by atoms with Gasteiger partial charge in [-0.15, -0.1) is 11.3 Å².